The van der Waals surface area contributed by atoms with Crippen LogP contribution < -0.4 is 16.2 Å². The van der Waals surface area contributed by atoms with Crippen molar-refractivity contribution in [2.75, 3.05) is 25.0 Å². The molecule has 1 atom stereocenters. The molecule has 1 saturated carbocycles. The second kappa shape index (κ2) is 6.14. The van der Waals surface area contributed by atoms with E-state index in [0.717, 1.165) is 26.2 Å². The molecule has 2 fully saturated rings. The summed E-state index contributed by atoms with van der Waals surface area (Å²) in [4.78, 5) is 12.4. The van der Waals surface area contributed by atoms with Gasteiger partial charge in [-0.1, -0.05) is 11.6 Å². The molecule has 1 aromatic rings. The molecule has 1 aliphatic carbocycles. The molecular weight excluding hydrogens is 276 g/mol. The molecule has 1 saturated heterocycles. The Hall–Kier alpha value is -1.07. The van der Waals surface area contributed by atoms with E-state index in [1.165, 1.54) is 25.7 Å². The lowest BCUT2D eigenvalue weighted by Gasteiger charge is -2.23. The summed E-state index contributed by atoms with van der Waals surface area (Å²) >= 11 is 6.12. The summed E-state index contributed by atoms with van der Waals surface area (Å²) in [5.41, 5.74) is 0.418. The van der Waals surface area contributed by atoms with E-state index in [9.17, 15) is 4.79 Å². The Morgan fingerprint density at radius 2 is 2.25 bits per heavy atom. The molecule has 2 N–H and O–H groups in total. The van der Waals surface area contributed by atoms with E-state index in [0.29, 0.717) is 22.5 Å². The topological polar surface area (TPSA) is 59.0 Å². The van der Waals surface area contributed by atoms with E-state index >= 15 is 0 Å². The highest BCUT2D eigenvalue weighted by Gasteiger charge is 2.23. The minimum atomic E-state index is -0.0897. The molecule has 1 aliphatic heterocycles. The number of rotatable bonds is 5. The number of hydrogen-bond acceptors (Lipinski definition) is 4. The summed E-state index contributed by atoms with van der Waals surface area (Å²) in [6.07, 6.45) is 6.37. The van der Waals surface area contributed by atoms with Gasteiger partial charge >= 0.3 is 0 Å². The van der Waals surface area contributed by atoms with Crippen molar-refractivity contribution in [3.63, 3.8) is 0 Å². The third-order valence-electron chi connectivity index (χ3n) is 4.09. The lowest BCUT2D eigenvalue weighted by atomic mass is 10.00. The second-order valence-corrected chi connectivity index (χ2v) is 6.30. The molecule has 0 radical (unpaired) electrons. The number of aromatic nitrogens is 2. The normalized spacial score (nSPS) is 22.8. The third kappa shape index (κ3) is 3.33. The molecule has 1 aromatic heterocycles. The molecule has 0 amide bonds. The van der Waals surface area contributed by atoms with Crippen molar-refractivity contribution >= 4 is 17.3 Å². The van der Waals surface area contributed by atoms with Crippen molar-refractivity contribution in [2.45, 2.75) is 32.2 Å². The Kier molecular flexibility index (Phi) is 4.27. The van der Waals surface area contributed by atoms with Gasteiger partial charge in [0.05, 0.1) is 11.2 Å². The van der Waals surface area contributed by atoms with Gasteiger partial charge in [0.25, 0.3) is 5.56 Å². The van der Waals surface area contributed by atoms with Crippen molar-refractivity contribution in [2.24, 2.45) is 11.8 Å². The van der Waals surface area contributed by atoms with E-state index in [-0.39, 0.29) is 5.56 Å². The summed E-state index contributed by atoms with van der Waals surface area (Å²) in [6, 6.07) is 0. The summed E-state index contributed by atoms with van der Waals surface area (Å²) in [7, 11) is 0. The Balaban J connectivity index is 1.68. The first-order valence-electron chi connectivity index (χ1n) is 7.44. The van der Waals surface area contributed by atoms with Gasteiger partial charge in [0.15, 0.2) is 0 Å². The standard InChI is InChI=1S/C14H21ClN4O/c15-12-8-18-19(9-10-3-4-10)14(20)13(12)17-7-11-2-1-5-16-6-11/h8,10-11,16-17H,1-7,9H2. The Labute approximate surface area is 123 Å². The van der Waals surface area contributed by atoms with Crippen LogP contribution in [0.5, 0.6) is 0 Å². The molecule has 0 spiro atoms. The highest BCUT2D eigenvalue weighted by molar-refractivity contribution is 6.32. The number of nitrogens with zero attached hydrogens (tertiary/aromatic N) is 2. The highest BCUT2D eigenvalue weighted by Crippen LogP contribution is 2.30. The van der Waals surface area contributed by atoms with Crippen molar-refractivity contribution in [1.29, 1.82) is 0 Å². The Morgan fingerprint density at radius 1 is 1.40 bits per heavy atom. The predicted molar refractivity (Wildman–Crippen MR) is 80.3 cm³/mol. The third-order valence-corrected chi connectivity index (χ3v) is 4.38. The quantitative estimate of drug-likeness (QED) is 0.869. The van der Waals surface area contributed by atoms with Crippen LogP contribution in [0.25, 0.3) is 0 Å². The minimum absolute atomic E-state index is 0.0897. The monoisotopic (exact) mass is 296 g/mol. The smallest absolute Gasteiger partial charge is 0.291 e. The van der Waals surface area contributed by atoms with Crippen LogP contribution in [0.1, 0.15) is 25.7 Å². The van der Waals surface area contributed by atoms with Gasteiger partial charge in [-0.15, -0.1) is 0 Å². The number of nitrogens with one attached hydrogen (secondary N) is 2. The molecule has 2 aliphatic rings. The predicted octanol–water partition coefficient (Wildman–Crippen LogP) is 1.72. The molecule has 2 heterocycles. The number of hydrogen-bond donors (Lipinski definition) is 2. The van der Waals surface area contributed by atoms with Gasteiger partial charge in [-0.2, -0.15) is 5.10 Å². The van der Waals surface area contributed by atoms with E-state index in [2.05, 4.69) is 15.7 Å². The van der Waals surface area contributed by atoms with Gasteiger partial charge in [0.2, 0.25) is 0 Å². The summed E-state index contributed by atoms with van der Waals surface area (Å²) in [5, 5.41) is 11.2. The molecule has 110 valence electrons. The van der Waals surface area contributed by atoms with Crippen LogP contribution in [0.2, 0.25) is 5.02 Å². The van der Waals surface area contributed by atoms with E-state index in [1.807, 2.05) is 0 Å². The minimum Gasteiger partial charge on any atom is -0.379 e. The van der Waals surface area contributed by atoms with Crippen LogP contribution in [0.15, 0.2) is 11.0 Å². The van der Waals surface area contributed by atoms with E-state index in [4.69, 9.17) is 11.6 Å². The lowest BCUT2D eigenvalue weighted by molar-refractivity contribution is 0.392. The zero-order valence-corrected chi connectivity index (χ0v) is 12.3. The molecule has 0 bridgehead atoms. The fourth-order valence-corrected chi connectivity index (χ4v) is 2.84. The van der Waals surface area contributed by atoms with Crippen molar-refractivity contribution < 1.29 is 0 Å². The van der Waals surface area contributed by atoms with E-state index in [1.54, 1.807) is 10.9 Å². The molecule has 0 aromatic carbocycles. The van der Waals surface area contributed by atoms with Crippen LogP contribution in [0.3, 0.4) is 0 Å². The molecule has 1 unspecified atom stereocenters. The Morgan fingerprint density at radius 3 is 2.95 bits per heavy atom. The summed E-state index contributed by atoms with van der Waals surface area (Å²) in [6.45, 7) is 3.61. The fraction of sp³-hybridized carbons (Fsp3) is 0.714. The maximum atomic E-state index is 12.4. The summed E-state index contributed by atoms with van der Waals surface area (Å²) < 4.78 is 1.55. The molecule has 3 rings (SSSR count). The largest absolute Gasteiger partial charge is 0.379 e. The first-order valence-corrected chi connectivity index (χ1v) is 7.82. The van der Waals surface area contributed by atoms with Gasteiger partial charge in [-0.25, -0.2) is 4.68 Å². The maximum absolute atomic E-state index is 12.4. The zero-order valence-electron chi connectivity index (χ0n) is 11.6. The molecule has 20 heavy (non-hydrogen) atoms. The Bertz CT molecular complexity index is 520. The number of halogens is 1. The van der Waals surface area contributed by atoms with Crippen LogP contribution >= 0.6 is 11.6 Å². The maximum Gasteiger partial charge on any atom is 0.291 e. The zero-order chi connectivity index (χ0) is 13.9. The number of anilines is 1. The fourth-order valence-electron chi connectivity index (χ4n) is 2.65. The lowest BCUT2D eigenvalue weighted by Crippen LogP contribution is -2.35. The van der Waals surface area contributed by atoms with E-state index < -0.39 is 0 Å². The SMILES string of the molecule is O=c1c(NCC2CCCNC2)c(Cl)cnn1CC1CC1. The van der Waals surface area contributed by atoms with Crippen LogP contribution in [0, 0.1) is 11.8 Å². The average molecular weight is 297 g/mol. The molecule has 5 nitrogen and oxygen atoms in total. The van der Waals surface area contributed by atoms with Crippen LogP contribution in [-0.2, 0) is 6.54 Å². The highest BCUT2D eigenvalue weighted by atomic mass is 35.5. The average Bonchev–Trinajstić information content (AvgIpc) is 3.27. The molecule has 6 heteroatoms. The van der Waals surface area contributed by atoms with Crippen molar-refractivity contribution in [3.05, 3.63) is 21.6 Å². The number of piperidine rings is 1. The van der Waals surface area contributed by atoms with Crippen LogP contribution in [-0.4, -0.2) is 29.4 Å². The first-order chi connectivity index (χ1) is 9.74. The van der Waals surface area contributed by atoms with Gasteiger partial charge in [-0.05, 0) is 50.6 Å². The molecular formula is C14H21ClN4O. The first kappa shape index (κ1) is 13.9. The van der Waals surface area contributed by atoms with Gasteiger partial charge in [-0.3, -0.25) is 4.79 Å². The summed E-state index contributed by atoms with van der Waals surface area (Å²) in [5.74, 6) is 1.18. The van der Waals surface area contributed by atoms with Gasteiger partial charge in [0.1, 0.15) is 5.69 Å². The van der Waals surface area contributed by atoms with Gasteiger partial charge < -0.3 is 10.6 Å². The van der Waals surface area contributed by atoms with Crippen LogP contribution in [0.4, 0.5) is 5.69 Å². The van der Waals surface area contributed by atoms with Crippen molar-refractivity contribution in [1.82, 2.24) is 15.1 Å². The van der Waals surface area contributed by atoms with Crippen molar-refractivity contribution in [3.8, 4) is 0 Å². The second-order valence-electron chi connectivity index (χ2n) is 5.89. The van der Waals surface area contributed by atoms with Gasteiger partial charge in [0, 0.05) is 13.1 Å².